The van der Waals surface area contributed by atoms with Crippen molar-refractivity contribution >= 4 is 0 Å². The molecule has 0 amide bonds. The van der Waals surface area contributed by atoms with Gasteiger partial charge in [-0.25, -0.2) is 0 Å². The van der Waals surface area contributed by atoms with Gasteiger partial charge in [0.25, 0.3) is 0 Å². The van der Waals surface area contributed by atoms with Crippen LogP contribution in [0.15, 0.2) is 0 Å². The highest BCUT2D eigenvalue weighted by Gasteiger charge is 2.30. The molecule has 2 fully saturated rings. The van der Waals surface area contributed by atoms with Gasteiger partial charge in [-0.05, 0) is 38.6 Å². The minimum absolute atomic E-state index is 0.760. The van der Waals surface area contributed by atoms with Crippen LogP contribution >= 0.6 is 0 Å². The summed E-state index contributed by atoms with van der Waals surface area (Å²) in [6.45, 7) is 8.40. The zero-order valence-corrected chi connectivity index (χ0v) is 11.0. The fourth-order valence-electron chi connectivity index (χ4n) is 3.53. The number of nitrogens with zero attached hydrogens (tertiary/aromatic N) is 1. The van der Waals surface area contributed by atoms with E-state index in [1.165, 1.54) is 51.6 Å². The van der Waals surface area contributed by atoms with E-state index < -0.39 is 0 Å². The summed E-state index contributed by atoms with van der Waals surface area (Å²) in [5, 5.41) is 3.59. The molecule has 1 aliphatic heterocycles. The number of likely N-dealkylation sites (N-methyl/N-ethyl adjacent to an activating group) is 1. The van der Waals surface area contributed by atoms with Gasteiger partial charge in [0.15, 0.2) is 0 Å². The number of hydrogen-bond acceptors (Lipinski definition) is 2. The molecule has 0 aromatic rings. The fraction of sp³-hybridized carbons (Fsp3) is 1.00. The number of hydrogen-bond donors (Lipinski definition) is 1. The average molecular weight is 224 g/mol. The van der Waals surface area contributed by atoms with Gasteiger partial charge in [0.2, 0.25) is 0 Å². The third kappa shape index (κ3) is 2.98. The number of nitrogens with one attached hydrogen (secondary N) is 1. The molecule has 0 aromatic carbocycles. The van der Waals surface area contributed by atoms with Gasteiger partial charge in [-0.2, -0.15) is 0 Å². The number of rotatable bonds is 4. The molecule has 2 rings (SSSR count). The van der Waals surface area contributed by atoms with Gasteiger partial charge in [-0.15, -0.1) is 0 Å². The Bertz CT molecular complexity index is 199. The van der Waals surface area contributed by atoms with E-state index in [1.54, 1.807) is 0 Å². The molecule has 0 bridgehead atoms. The Kier molecular flexibility index (Phi) is 4.66. The van der Waals surface area contributed by atoms with Crippen molar-refractivity contribution in [3.63, 3.8) is 0 Å². The predicted octanol–water partition coefficient (Wildman–Crippen LogP) is 2.64. The maximum Gasteiger partial charge on any atom is 0.0207 e. The minimum atomic E-state index is 0.760. The lowest BCUT2D eigenvalue weighted by molar-refractivity contribution is 0.154. The van der Waals surface area contributed by atoms with Crippen molar-refractivity contribution in [2.45, 2.75) is 64.5 Å². The molecule has 1 saturated heterocycles. The van der Waals surface area contributed by atoms with Gasteiger partial charge in [-0.3, -0.25) is 4.90 Å². The molecule has 16 heavy (non-hydrogen) atoms. The average Bonchev–Trinajstić information content (AvgIpc) is 2.78. The first-order valence-electron chi connectivity index (χ1n) is 7.28. The van der Waals surface area contributed by atoms with E-state index in [0.29, 0.717) is 0 Å². The molecule has 1 saturated carbocycles. The van der Waals surface area contributed by atoms with Gasteiger partial charge in [-0.1, -0.05) is 26.2 Å². The van der Waals surface area contributed by atoms with Crippen molar-refractivity contribution in [3.8, 4) is 0 Å². The van der Waals surface area contributed by atoms with Gasteiger partial charge in [0.05, 0.1) is 0 Å². The van der Waals surface area contributed by atoms with Crippen LogP contribution in [0.4, 0.5) is 0 Å². The molecule has 0 spiro atoms. The maximum atomic E-state index is 3.59. The summed E-state index contributed by atoms with van der Waals surface area (Å²) >= 11 is 0. The van der Waals surface area contributed by atoms with Crippen LogP contribution in [-0.2, 0) is 0 Å². The zero-order chi connectivity index (χ0) is 11.4. The summed E-state index contributed by atoms with van der Waals surface area (Å²) in [5.41, 5.74) is 0. The Hall–Kier alpha value is -0.0800. The van der Waals surface area contributed by atoms with Crippen molar-refractivity contribution in [1.29, 1.82) is 0 Å². The lowest BCUT2D eigenvalue weighted by Crippen LogP contribution is -2.40. The summed E-state index contributed by atoms with van der Waals surface area (Å²) in [6, 6.07) is 1.58. The molecule has 2 aliphatic rings. The second kappa shape index (κ2) is 6.02. The van der Waals surface area contributed by atoms with Crippen molar-refractivity contribution in [3.05, 3.63) is 0 Å². The summed E-state index contributed by atoms with van der Waals surface area (Å²) in [4.78, 5) is 2.73. The molecule has 0 radical (unpaired) electrons. The third-order valence-electron chi connectivity index (χ3n) is 4.62. The first-order chi connectivity index (χ1) is 7.81. The maximum absolute atomic E-state index is 3.59. The zero-order valence-electron chi connectivity index (χ0n) is 11.0. The fourth-order valence-corrected chi connectivity index (χ4v) is 3.53. The van der Waals surface area contributed by atoms with Crippen LogP contribution in [0, 0.1) is 5.92 Å². The van der Waals surface area contributed by atoms with E-state index in [4.69, 9.17) is 0 Å². The van der Waals surface area contributed by atoms with E-state index in [-0.39, 0.29) is 0 Å². The summed E-state index contributed by atoms with van der Waals surface area (Å²) in [6.07, 6.45) is 8.72. The normalized spacial score (nSPS) is 30.8. The molecule has 1 N–H and O–H groups in total. The summed E-state index contributed by atoms with van der Waals surface area (Å²) in [7, 11) is 0. The van der Waals surface area contributed by atoms with Gasteiger partial charge in [0.1, 0.15) is 0 Å². The molecule has 2 atom stereocenters. The van der Waals surface area contributed by atoms with Crippen LogP contribution in [0.25, 0.3) is 0 Å². The minimum Gasteiger partial charge on any atom is -0.313 e. The van der Waals surface area contributed by atoms with Gasteiger partial charge in [0, 0.05) is 25.2 Å². The second-order valence-electron chi connectivity index (χ2n) is 5.68. The van der Waals surface area contributed by atoms with E-state index >= 15 is 0 Å². The Morgan fingerprint density at radius 3 is 2.62 bits per heavy atom. The standard InChI is InChI=1S/C14H28N2/c1-3-15-14-9-10-16(11-14)12(2)13-7-5-4-6-8-13/h12-15H,3-11H2,1-2H3. The Balaban J connectivity index is 1.78. The molecule has 2 unspecified atom stereocenters. The highest BCUT2D eigenvalue weighted by atomic mass is 15.2. The van der Waals surface area contributed by atoms with Crippen molar-refractivity contribution in [1.82, 2.24) is 10.2 Å². The molecular formula is C14H28N2. The Morgan fingerprint density at radius 2 is 1.94 bits per heavy atom. The Morgan fingerprint density at radius 1 is 1.19 bits per heavy atom. The molecular weight excluding hydrogens is 196 g/mol. The van der Waals surface area contributed by atoms with Gasteiger partial charge < -0.3 is 5.32 Å². The van der Waals surface area contributed by atoms with Gasteiger partial charge >= 0.3 is 0 Å². The third-order valence-corrected chi connectivity index (χ3v) is 4.62. The van der Waals surface area contributed by atoms with Crippen molar-refractivity contribution in [2.75, 3.05) is 19.6 Å². The predicted molar refractivity (Wildman–Crippen MR) is 69.7 cm³/mol. The van der Waals surface area contributed by atoms with E-state index in [0.717, 1.165) is 24.5 Å². The quantitative estimate of drug-likeness (QED) is 0.790. The molecule has 0 aromatic heterocycles. The molecule has 94 valence electrons. The number of likely N-dealkylation sites (tertiary alicyclic amines) is 1. The first kappa shape index (κ1) is 12.4. The summed E-state index contributed by atoms with van der Waals surface area (Å²) < 4.78 is 0. The highest BCUT2D eigenvalue weighted by Crippen LogP contribution is 2.30. The molecule has 1 aliphatic carbocycles. The SMILES string of the molecule is CCNC1CCN(C(C)C2CCCCC2)C1. The van der Waals surface area contributed by atoms with Crippen LogP contribution in [0.2, 0.25) is 0 Å². The topological polar surface area (TPSA) is 15.3 Å². The smallest absolute Gasteiger partial charge is 0.0207 e. The van der Waals surface area contributed by atoms with Crippen LogP contribution < -0.4 is 5.32 Å². The molecule has 1 heterocycles. The lowest BCUT2D eigenvalue weighted by atomic mass is 9.84. The monoisotopic (exact) mass is 224 g/mol. The van der Waals surface area contributed by atoms with E-state index in [2.05, 4.69) is 24.1 Å². The van der Waals surface area contributed by atoms with Crippen molar-refractivity contribution in [2.24, 2.45) is 5.92 Å². The highest BCUT2D eigenvalue weighted by molar-refractivity contribution is 4.87. The van der Waals surface area contributed by atoms with E-state index in [1.807, 2.05) is 0 Å². The molecule has 2 nitrogen and oxygen atoms in total. The van der Waals surface area contributed by atoms with Crippen LogP contribution in [-0.4, -0.2) is 36.6 Å². The molecule has 2 heteroatoms. The first-order valence-corrected chi connectivity index (χ1v) is 7.28. The van der Waals surface area contributed by atoms with Crippen LogP contribution in [0.1, 0.15) is 52.4 Å². The second-order valence-corrected chi connectivity index (χ2v) is 5.68. The van der Waals surface area contributed by atoms with Crippen LogP contribution in [0.5, 0.6) is 0 Å². The van der Waals surface area contributed by atoms with Crippen LogP contribution in [0.3, 0.4) is 0 Å². The van der Waals surface area contributed by atoms with Crippen molar-refractivity contribution < 1.29 is 0 Å². The Labute approximate surface area is 101 Å². The lowest BCUT2D eigenvalue weighted by Gasteiger charge is -2.34. The van der Waals surface area contributed by atoms with E-state index in [9.17, 15) is 0 Å². The largest absolute Gasteiger partial charge is 0.313 e. The summed E-state index contributed by atoms with van der Waals surface area (Å²) in [5.74, 6) is 0.981.